The van der Waals surface area contributed by atoms with Gasteiger partial charge in [0.15, 0.2) is 0 Å². The fraction of sp³-hybridized carbons (Fsp3) is 0.0500. The first-order chi connectivity index (χ1) is 12.0. The molecule has 4 nitrogen and oxygen atoms in total. The molecule has 0 aliphatic carbocycles. The molecular formula is C20H16NNaO3S. The third-order valence-electron chi connectivity index (χ3n) is 4.19. The van der Waals surface area contributed by atoms with Gasteiger partial charge in [-0.3, -0.25) is 4.55 Å². The van der Waals surface area contributed by atoms with Gasteiger partial charge in [0.1, 0.15) is 5.75 Å². The Labute approximate surface area is 175 Å². The minimum absolute atomic E-state index is 0. The van der Waals surface area contributed by atoms with Gasteiger partial charge in [-0.2, -0.15) is 8.42 Å². The van der Waals surface area contributed by atoms with Crippen LogP contribution in [-0.4, -0.2) is 18.0 Å². The number of hydrogen-bond donors (Lipinski definition) is 1. The van der Waals surface area contributed by atoms with Crippen molar-refractivity contribution in [3.63, 3.8) is 0 Å². The Balaban J connectivity index is 0.00000131. The number of fused-ring (bicyclic) bond motifs is 3. The molecule has 1 heterocycles. The summed E-state index contributed by atoms with van der Waals surface area (Å²) in [6.07, 6.45) is 0. The zero-order chi connectivity index (χ0) is 17.4. The fourth-order valence-corrected chi connectivity index (χ4v) is 3.71. The van der Waals surface area contributed by atoms with E-state index < -0.39 is 10.1 Å². The van der Waals surface area contributed by atoms with Crippen LogP contribution in [0.1, 0.15) is 6.99 Å². The molecule has 0 atom stereocenters. The minimum atomic E-state index is -4.03. The molecule has 0 amide bonds. The average Bonchev–Trinajstić information content (AvgIpc) is 2.60. The van der Waals surface area contributed by atoms with Crippen LogP contribution >= 0.6 is 0 Å². The summed E-state index contributed by atoms with van der Waals surface area (Å²) in [6.45, 7) is 0. The van der Waals surface area contributed by atoms with E-state index in [-0.39, 0.29) is 36.7 Å². The molecule has 0 aliphatic heterocycles. The van der Waals surface area contributed by atoms with Gasteiger partial charge < -0.3 is 1.43 Å². The Kier molecular flexibility index (Phi) is 5.46. The molecule has 1 aromatic heterocycles. The maximum absolute atomic E-state index is 11.0. The number of hydrogen-bond acceptors (Lipinski definition) is 3. The molecule has 6 heteroatoms. The summed E-state index contributed by atoms with van der Waals surface area (Å²) in [7, 11) is -4.03. The molecule has 0 bridgehead atoms. The molecular weight excluding hydrogens is 357 g/mol. The van der Waals surface area contributed by atoms with Crippen molar-refractivity contribution in [1.82, 2.24) is 4.98 Å². The van der Waals surface area contributed by atoms with Gasteiger partial charge in [-0.25, -0.2) is 4.98 Å². The molecule has 0 saturated heterocycles. The van der Waals surface area contributed by atoms with Crippen LogP contribution in [0.2, 0.25) is 0 Å². The Morgan fingerprint density at radius 3 is 2.04 bits per heavy atom. The van der Waals surface area contributed by atoms with E-state index in [9.17, 15) is 8.42 Å². The van der Waals surface area contributed by atoms with Crippen molar-refractivity contribution in [3.8, 4) is 11.3 Å². The SMILES string of the molecule is O=S(=O)(O)Cc1ccc(-c2nc3ccccc3c3ccccc23)cc1.[H-].[Na+]. The molecule has 0 radical (unpaired) electrons. The standard InChI is InChI=1S/C20H15NO3S.Na.H/c22-25(23,24)13-14-9-11-15(12-10-14)20-18-7-2-1-5-16(18)17-6-3-4-8-19(17)21-20;;/h1-12H,13H2,(H,22,23,24);;/q;+1;-1. The minimum Gasteiger partial charge on any atom is -1.00 e. The molecule has 0 unspecified atom stereocenters. The summed E-state index contributed by atoms with van der Waals surface area (Å²) in [6, 6.07) is 23.2. The Morgan fingerprint density at radius 2 is 1.38 bits per heavy atom. The first kappa shape index (κ1) is 19.0. The van der Waals surface area contributed by atoms with Gasteiger partial charge in [-0.05, 0) is 17.0 Å². The van der Waals surface area contributed by atoms with Gasteiger partial charge >= 0.3 is 29.6 Å². The van der Waals surface area contributed by atoms with E-state index in [2.05, 4.69) is 12.1 Å². The average molecular weight is 373 g/mol. The maximum atomic E-state index is 11.0. The molecule has 0 spiro atoms. The van der Waals surface area contributed by atoms with E-state index in [1.54, 1.807) is 12.1 Å². The van der Waals surface area contributed by atoms with Crippen LogP contribution in [0.3, 0.4) is 0 Å². The normalized spacial score (nSPS) is 11.4. The molecule has 126 valence electrons. The fourth-order valence-electron chi connectivity index (χ4n) is 3.09. The maximum Gasteiger partial charge on any atom is 1.00 e. The summed E-state index contributed by atoms with van der Waals surface area (Å²) in [5, 5.41) is 3.28. The largest absolute Gasteiger partial charge is 1.00 e. The molecule has 3 aromatic carbocycles. The summed E-state index contributed by atoms with van der Waals surface area (Å²) < 4.78 is 31.0. The van der Waals surface area contributed by atoms with Crippen LogP contribution < -0.4 is 29.6 Å². The predicted molar refractivity (Wildman–Crippen MR) is 101 cm³/mol. The van der Waals surface area contributed by atoms with Crippen molar-refractivity contribution in [3.05, 3.63) is 78.4 Å². The number of rotatable bonds is 3. The summed E-state index contributed by atoms with van der Waals surface area (Å²) >= 11 is 0. The van der Waals surface area contributed by atoms with Gasteiger partial charge in [0, 0.05) is 16.3 Å². The Morgan fingerprint density at radius 1 is 0.808 bits per heavy atom. The van der Waals surface area contributed by atoms with E-state index in [0.717, 1.165) is 32.9 Å². The quantitative estimate of drug-likeness (QED) is 0.336. The number of benzene rings is 3. The Bertz CT molecular complexity index is 1190. The summed E-state index contributed by atoms with van der Waals surface area (Å²) in [5.74, 6) is -0.390. The molecule has 0 fully saturated rings. The van der Waals surface area contributed by atoms with Gasteiger partial charge in [-0.15, -0.1) is 0 Å². The van der Waals surface area contributed by atoms with E-state index in [1.807, 2.05) is 48.5 Å². The van der Waals surface area contributed by atoms with Crippen molar-refractivity contribution in [2.24, 2.45) is 0 Å². The topological polar surface area (TPSA) is 67.3 Å². The summed E-state index contributed by atoms with van der Waals surface area (Å²) in [5.41, 5.74) is 3.21. The van der Waals surface area contributed by atoms with Crippen LogP contribution in [0.25, 0.3) is 32.9 Å². The second-order valence-electron chi connectivity index (χ2n) is 5.95. The number of aromatic nitrogens is 1. The first-order valence-corrected chi connectivity index (χ1v) is 9.44. The van der Waals surface area contributed by atoms with E-state index >= 15 is 0 Å². The second kappa shape index (κ2) is 7.47. The first-order valence-electron chi connectivity index (χ1n) is 7.83. The molecule has 4 rings (SSSR count). The third-order valence-corrected chi connectivity index (χ3v) is 4.88. The van der Waals surface area contributed by atoms with E-state index in [0.29, 0.717) is 5.56 Å². The Hall–Kier alpha value is -1.76. The van der Waals surface area contributed by atoms with E-state index in [4.69, 9.17) is 9.54 Å². The van der Waals surface area contributed by atoms with Crippen LogP contribution in [0.15, 0.2) is 72.8 Å². The second-order valence-corrected chi connectivity index (χ2v) is 7.40. The van der Waals surface area contributed by atoms with Crippen molar-refractivity contribution in [2.45, 2.75) is 5.75 Å². The molecule has 4 aromatic rings. The molecule has 26 heavy (non-hydrogen) atoms. The van der Waals surface area contributed by atoms with Gasteiger partial charge in [-0.1, -0.05) is 66.7 Å². The number of para-hydroxylation sites is 1. The van der Waals surface area contributed by atoms with Crippen LogP contribution in [0.4, 0.5) is 0 Å². The van der Waals surface area contributed by atoms with Gasteiger partial charge in [0.25, 0.3) is 10.1 Å². The monoisotopic (exact) mass is 373 g/mol. The van der Waals surface area contributed by atoms with Gasteiger partial charge in [0.05, 0.1) is 11.2 Å². The number of nitrogens with zero attached hydrogens (tertiary/aromatic N) is 1. The van der Waals surface area contributed by atoms with Crippen molar-refractivity contribution < 1.29 is 44.0 Å². The van der Waals surface area contributed by atoms with Crippen LogP contribution in [0.5, 0.6) is 0 Å². The van der Waals surface area contributed by atoms with E-state index in [1.165, 1.54) is 0 Å². The smallest absolute Gasteiger partial charge is 1.00 e. The third kappa shape index (κ3) is 3.82. The molecule has 1 N–H and O–H groups in total. The zero-order valence-electron chi connectivity index (χ0n) is 15.3. The van der Waals surface area contributed by atoms with Crippen LogP contribution in [0, 0.1) is 0 Å². The van der Waals surface area contributed by atoms with Crippen molar-refractivity contribution in [1.29, 1.82) is 0 Å². The molecule has 0 aliphatic rings. The van der Waals surface area contributed by atoms with Crippen molar-refractivity contribution >= 4 is 31.8 Å². The summed E-state index contributed by atoms with van der Waals surface area (Å²) in [4.78, 5) is 4.81. The van der Waals surface area contributed by atoms with Gasteiger partial charge in [0.2, 0.25) is 0 Å². The van der Waals surface area contributed by atoms with Crippen molar-refractivity contribution in [2.75, 3.05) is 0 Å². The molecule has 0 saturated carbocycles. The van der Waals surface area contributed by atoms with Crippen LogP contribution in [-0.2, 0) is 15.9 Å². The zero-order valence-corrected chi connectivity index (χ0v) is 17.1. The predicted octanol–water partition coefficient (Wildman–Crippen LogP) is 1.56. The number of pyridine rings is 1.